The fourth-order valence-corrected chi connectivity index (χ4v) is 2.28. The molecule has 0 amide bonds. The summed E-state index contributed by atoms with van der Waals surface area (Å²) in [6.45, 7) is 4.47. The smallest absolute Gasteiger partial charge is 0.0793 e. The first kappa shape index (κ1) is 13.3. The molecule has 1 heterocycles. The molecular formula is C14H17BrN2O. The van der Waals surface area contributed by atoms with Crippen LogP contribution < -0.4 is 0 Å². The summed E-state index contributed by atoms with van der Waals surface area (Å²) in [7, 11) is 0. The van der Waals surface area contributed by atoms with E-state index in [4.69, 9.17) is 5.11 Å². The van der Waals surface area contributed by atoms with Crippen molar-refractivity contribution in [2.24, 2.45) is 0 Å². The first-order valence-corrected chi connectivity index (χ1v) is 6.86. The fourth-order valence-electron chi connectivity index (χ4n) is 1.81. The molecule has 0 aliphatic heterocycles. The van der Waals surface area contributed by atoms with Crippen molar-refractivity contribution in [2.45, 2.75) is 26.2 Å². The van der Waals surface area contributed by atoms with E-state index in [9.17, 15) is 0 Å². The van der Waals surface area contributed by atoms with Gasteiger partial charge in [0.05, 0.1) is 15.9 Å². The Morgan fingerprint density at radius 1 is 1.28 bits per heavy atom. The van der Waals surface area contributed by atoms with Crippen molar-refractivity contribution in [1.29, 1.82) is 0 Å². The molecule has 0 radical (unpaired) electrons. The van der Waals surface area contributed by atoms with Gasteiger partial charge in [0.15, 0.2) is 0 Å². The van der Waals surface area contributed by atoms with Gasteiger partial charge in [0.25, 0.3) is 0 Å². The second-order valence-electron chi connectivity index (χ2n) is 4.59. The number of benzene rings is 1. The third-order valence-electron chi connectivity index (χ3n) is 2.91. The molecule has 0 aliphatic rings. The summed E-state index contributed by atoms with van der Waals surface area (Å²) >= 11 is 3.46. The lowest BCUT2D eigenvalue weighted by atomic mass is 10.0. The number of rotatable bonds is 4. The number of nitrogens with zero attached hydrogens (tertiary/aromatic N) is 2. The molecule has 0 spiro atoms. The standard InChI is InChI=1S/C14H17BrN2O/c1-10(2)11-3-5-12(6-4-11)17-9-13(15)14(16-17)7-8-18/h3-6,9-10,18H,7-8H2,1-2H3. The number of aromatic nitrogens is 2. The monoisotopic (exact) mass is 308 g/mol. The van der Waals surface area contributed by atoms with Gasteiger partial charge in [0.1, 0.15) is 0 Å². The molecule has 0 unspecified atom stereocenters. The fraction of sp³-hybridized carbons (Fsp3) is 0.357. The molecule has 0 aliphatic carbocycles. The van der Waals surface area contributed by atoms with Crippen LogP contribution in [0.3, 0.4) is 0 Å². The largest absolute Gasteiger partial charge is 0.396 e. The molecule has 0 saturated heterocycles. The minimum atomic E-state index is 0.113. The van der Waals surface area contributed by atoms with Gasteiger partial charge >= 0.3 is 0 Å². The Balaban J connectivity index is 2.28. The van der Waals surface area contributed by atoms with Gasteiger partial charge in [-0.25, -0.2) is 4.68 Å². The highest BCUT2D eigenvalue weighted by molar-refractivity contribution is 9.10. The van der Waals surface area contributed by atoms with Crippen LogP contribution in [-0.4, -0.2) is 21.5 Å². The highest BCUT2D eigenvalue weighted by Crippen LogP contribution is 2.20. The van der Waals surface area contributed by atoms with Crippen molar-refractivity contribution >= 4 is 15.9 Å². The summed E-state index contributed by atoms with van der Waals surface area (Å²) in [4.78, 5) is 0. The van der Waals surface area contributed by atoms with Crippen LogP contribution in [-0.2, 0) is 6.42 Å². The van der Waals surface area contributed by atoms with Gasteiger partial charge in [-0.3, -0.25) is 0 Å². The van der Waals surface area contributed by atoms with Crippen LogP contribution >= 0.6 is 15.9 Å². The van der Waals surface area contributed by atoms with Crippen molar-refractivity contribution in [1.82, 2.24) is 9.78 Å². The summed E-state index contributed by atoms with van der Waals surface area (Å²) in [6.07, 6.45) is 2.49. The topological polar surface area (TPSA) is 38.0 Å². The van der Waals surface area contributed by atoms with E-state index in [2.05, 4.69) is 59.1 Å². The first-order chi connectivity index (χ1) is 8.61. The van der Waals surface area contributed by atoms with Crippen molar-refractivity contribution in [3.63, 3.8) is 0 Å². The molecule has 0 bridgehead atoms. The zero-order valence-electron chi connectivity index (χ0n) is 10.6. The van der Waals surface area contributed by atoms with Gasteiger partial charge in [-0.1, -0.05) is 26.0 Å². The molecule has 1 aromatic heterocycles. The average molecular weight is 309 g/mol. The minimum Gasteiger partial charge on any atom is -0.396 e. The Hall–Kier alpha value is -1.13. The van der Waals surface area contributed by atoms with Crippen LogP contribution in [0.2, 0.25) is 0 Å². The van der Waals surface area contributed by atoms with Gasteiger partial charge < -0.3 is 5.11 Å². The predicted molar refractivity (Wildman–Crippen MR) is 76.1 cm³/mol. The Bertz CT molecular complexity index is 517. The highest BCUT2D eigenvalue weighted by Gasteiger charge is 2.07. The molecule has 1 aromatic carbocycles. The number of hydrogen-bond acceptors (Lipinski definition) is 2. The van der Waals surface area contributed by atoms with Crippen molar-refractivity contribution in [2.75, 3.05) is 6.61 Å². The summed E-state index contributed by atoms with van der Waals surface area (Å²) in [5.41, 5.74) is 3.23. The highest BCUT2D eigenvalue weighted by atomic mass is 79.9. The van der Waals surface area contributed by atoms with E-state index in [1.165, 1.54) is 5.56 Å². The summed E-state index contributed by atoms with van der Waals surface area (Å²) in [5.74, 6) is 0.536. The van der Waals surface area contributed by atoms with Crippen LogP contribution in [0.5, 0.6) is 0 Å². The van der Waals surface area contributed by atoms with Crippen LogP contribution in [0.15, 0.2) is 34.9 Å². The molecular weight excluding hydrogens is 292 g/mol. The van der Waals surface area contributed by atoms with E-state index < -0.39 is 0 Å². The predicted octanol–water partition coefficient (Wildman–Crippen LogP) is 3.29. The zero-order chi connectivity index (χ0) is 13.1. The average Bonchev–Trinajstić information content (AvgIpc) is 2.72. The van der Waals surface area contributed by atoms with E-state index in [1.807, 2.05) is 10.9 Å². The molecule has 2 rings (SSSR count). The first-order valence-electron chi connectivity index (χ1n) is 6.07. The lowest BCUT2D eigenvalue weighted by Crippen LogP contribution is -1.98. The number of aliphatic hydroxyl groups excluding tert-OH is 1. The van der Waals surface area contributed by atoms with Gasteiger partial charge in [-0.2, -0.15) is 5.10 Å². The lowest BCUT2D eigenvalue weighted by Gasteiger charge is -2.06. The molecule has 2 aromatic rings. The second-order valence-corrected chi connectivity index (χ2v) is 5.44. The SMILES string of the molecule is CC(C)c1ccc(-n2cc(Br)c(CCO)n2)cc1. The van der Waals surface area contributed by atoms with Crippen molar-refractivity contribution in [3.8, 4) is 5.69 Å². The maximum Gasteiger partial charge on any atom is 0.0793 e. The van der Waals surface area contributed by atoms with Gasteiger partial charge in [0, 0.05) is 19.2 Å². The summed E-state index contributed by atoms with van der Waals surface area (Å²) < 4.78 is 2.77. The van der Waals surface area contributed by atoms with Crippen LogP contribution in [0.4, 0.5) is 0 Å². The van der Waals surface area contributed by atoms with Crippen LogP contribution in [0.1, 0.15) is 31.0 Å². The summed E-state index contributed by atoms with van der Waals surface area (Å²) in [6, 6.07) is 8.39. The maximum absolute atomic E-state index is 8.95. The molecule has 0 fully saturated rings. The second kappa shape index (κ2) is 5.67. The van der Waals surface area contributed by atoms with E-state index in [1.54, 1.807) is 0 Å². The van der Waals surface area contributed by atoms with Crippen LogP contribution in [0, 0.1) is 0 Å². The number of aliphatic hydroxyl groups is 1. The van der Waals surface area contributed by atoms with E-state index in [0.29, 0.717) is 12.3 Å². The van der Waals surface area contributed by atoms with E-state index in [-0.39, 0.29) is 6.61 Å². The third kappa shape index (κ3) is 2.82. The Kier molecular flexibility index (Phi) is 4.19. The van der Waals surface area contributed by atoms with E-state index in [0.717, 1.165) is 15.9 Å². The van der Waals surface area contributed by atoms with E-state index >= 15 is 0 Å². The van der Waals surface area contributed by atoms with Crippen molar-refractivity contribution < 1.29 is 5.11 Å². The maximum atomic E-state index is 8.95. The van der Waals surface area contributed by atoms with Gasteiger partial charge in [-0.15, -0.1) is 0 Å². The quantitative estimate of drug-likeness (QED) is 0.941. The molecule has 18 heavy (non-hydrogen) atoms. The van der Waals surface area contributed by atoms with Crippen molar-refractivity contribution in [3.05, 3.63) is 46.2 Å². The summed E-state index contributed by atoms with van der Waals surface area (Å²) in [5, 5.41) is 13.4. The third-order valence-corrected chi connectivity index (χ3v) is 3.58. The Morgan fingerprint density at radius 3 is 2.50 bits per heavy atom. The molecule has 3 nitrogen and oxygen atoms in total. The molecule has 0 saturated carbocycles. The number of halogens is 1. The van der Waals surface area contributed by atoms with Gasteiger partial charge in [-0.05, 0) is 39.5 Å². The Labute approximate surface area is 116 Å². The zero-order valence-corrected chi connectivity index (χ0v) is 12.2. The van der Waals surface area contributed by atoms with Crippen LogP contribution in [0.25, 0.3) is 5.69 Å². The molecule has 4 heteroatoms. The molecule has 0 atom stereocenters. The number of hydrogen-bond donors (Lipinski definition) is 1. The van der Waals surface area contributed by atoms with Gasteiger partial charge in [0.2, 0.25) is 0 Å². The molecule has 96 valence electrons. The Morgan fingerprint density at radius 2 is 1.94 bits per heavy atom. The normalized spacial score (nSPS) is 11.2. The molecule has 1 N–H and O–H groups in total. The lowest BCUT2D eigenvalue weighted by molar-refractivity contribution is 0.298. The minimum absolute atomic E-state index is 0.113.